The number of hydrogen-bond donors (Lipinski definition) is 1. The molecule has 1 aromatic heterocycles. The SMILES string of the molecule is CC(C)(C)OC(=O)N1CCN(c2cc3cc(Br)ccc3c(=O)[nH]2)CC1. The normalized spacial score (nSPS) is 15.5. The standard InChI is InChI=1S/C18H22BrN3O3/c1-18(2,3)25-17(24)22-8-6-21(7-9-22)15-11-12-10-13(19)4-5-14(12)16(23)20-15/h4-5,10-11H,6-9H2,1-3H3,(H,20,23). The van der Waals surface area contributed by atoms with E-state index in [1.807, 2.05) is 45.0 Å². The van der Waals surface area contributed by atoms with E-state index in [9.17, 15) is 9.59 Å². The third-order valence-electron chi connectivity index (χ3n) is 4.06. The van der Waals surface area contributed by atoms with Crippen LogP contribution in [0.25, 0.3) is 10.8 Å². The number of hydrogen-bond acceptors (Lipinski definition) is 4. The van der Waals surface area contributed by atoms with E-state index in [1.165, 1.54) is 0 Å². The molecule has 0 atom stereocenters. The van der Waals surface area contributed by atoms with E-state index in [0.717, 1.165) is 15.7 Å². The number of nitrogens with one attached hydrogen (secondary N) is 1. The monoisotopic (exact) mass is 407 g/mol. The third-order valence-corrected chi connectivity index (χ3v) is 4.56. The summed E-state index contributed by atoms with van der Waals surface area (Å²) in [6.45, 7) is 8.00. The Morgan fingerprint density at radius 2 is 1.84 bits per heavy atom. The molecule has 7 heteroatoms. The number of nitrogens with zero attached hydrogens (tertiary/aromatic N) is 2. The maximum Gasteiger partial charge on any atom is 0.410 e. The Bertz CT molecular complexity index is 849. The molecule has 0 unspecified atom stereocenters. The maximum absolute atomic E-state index is 12.3. The van der Waals surface area contributed by atoms with Gasteiger partial charge in [0.1, 0.15) is 11.4 Å². The number of aromatic nitrogens is 1. The van der Waals surface area contributed by atoms with Crippen LogP contribution in [-0.2, 0) is 4.74 Å². The average Bonchev–Trinajstić information content (AvgIpc) is 2.53. The minimum absolute atomic E-state index is 0.102. The number of benzene rings is 1. The van der Waals surface area contributed by atoms with Gasteiger partial charge in [0.05, 0.1) is 0 Å². The second kappa shape index (κ2) is 6.71. The summed E-state index contributed by atoms with van der Waals surface area (Å²) in [4.78, 5) is 31.2. The van der Waals surface area contributed by atoms with Crippen molar-refractivity contribution in [1.29, 1.82) is 0 Å². The van der Waals surface area contributed by atoms with Crippen LogP contribution < -0.4 is 10.5 Å². The van der Waals surface area contributed by atoms with Crippen molar-refractivity contribution in [1.82, 2.24) is 9.88 Å². The van der Waals surface area contributed by atoms with Crippen LogP contribution in [0, 0.1) is 0 Å². The van der Waals surface area contributed by atoms with Crippen molar-refractivity contribution < 1.29 is 9.53 Å². The third kappa shape index (κ3) is 4.15. The number of carbonyl (C=O) groups is 1. The average molecular weight is 408 g/mol. The quantitative estimate of drug-likeness (QED) is 0.786. The first kappa shape index (κ1) is 17.8. The molecule has 1 fully saturated rings. The number of fused-ring (bicyclic) bond motifs is 1. The molecule has 1 amide bonds. The molecule has 6 nitrogen and oxygen atoms in total. The largest absolute Gasteiger partial charge is 0.444 e. The lowest BCUT2D eigenvalue weighted by Crippen LogP contribution is -2.50. The second-order valence-electron chi connectivity index (χ2n) is 7.17. The molecule has 0 radical (unpaired) electrons. The number of amides is 1. The van der Waals surface area contributed by atoms with Gasteiger partial charge in [-0.3, -0.25) is 4.79 Å². The zero-order chi connectivity index (χ0) is 18.2. The van der Waals surface area contributed by atoms with Gasteiger partial charge in [0.2, 0.25) is 0 Å². The van der Waals surface area contributed by atoms with Crippen LogP contribution in [-0.4, -0.2) is 47.8 Å². The Morgan fingerprint density at radius 3 is 2.48 bits per heavy atom. The van der Waals surface area contributed by atoms with Gasteiger partial charge < -0.3 is 19.5 Å². The summed E-state index contributed by atoms with van der Waals surface area (Å²) in [5, 5.41) is 1.56. The van der Waals surface area contributed by atoms with Gasteiger partial charge >= 0.3 is 6.09 Å². The number of carbonyl (C=O) groups excluding carboxylic acids is 1. The molecular formula is C18H22BrN3O3. The molecule has 0 saturated carbocycles. The minimum atomic E-state index is -0.495. The van der Waals surface area contributed by atoms with E-state index in [0.29, 0.717) is 31.6 Å². The Balaban J connectivity index is 1.74. The Kier molecular flexibility index (Phi) is 4.77. The van der Waals surface area contributed by atoms with Crippen molar-refractivity contribution in [2.45, 2.75) is 26.4 Å². The zero-order valence-electron chi connectivity index (χ0n) is 14.6. The predicted octanol–water partition coefficient (Wildman–Crippen LogP) is 3.35. The van der Waals surface area contributed by atoms with Crippen LogP contribution in [0.4, 0.5) is 10.6 Å². The van der Waals surface area contributed by atoms with Crippen LogP contribution in [0.2, 0.25) is 0 Å². The number of halogens is 1. The lowest BCUT2D eigenvalue weighted by molar-refractivity contribution is 0.0240. The molecule has 1 saturated heterocycles. The molecule has 2 heterocycles. The molecule has 1 N–H and O–H groups in total. The van der Waals surface area contributed by atoms with Gasteiger partial charge in [-0.1, -0.05) is 15.9 Å². The molecule has 2 aromatic rings. The van der Waals surface area contributed by atoms with Gasteiger partial charge in [0, 0.05) is 36.0 Å². The number of pyridine rings is 1. The molecule has 0 spiro atoms. The van der Waals surface area contributed by atoms with Gasteiger partial charge in [-0.25, -0.2) is 4.79 Å². The van der Waals surface area contributed by atoms with E-state index in [-0.39, 0.29) is 11.7 Å². The molecular weight excluding hydrogens is 386 g/mol. The number of piperazine rings is 1. The minimum Gasteiger partial charge on any atom is -0.444 e. The molecule has 0 aliphatic carbocycles. The number of ether oxygens (including phenoxy) is 1. The fraction of sp³-hybridized carbons (Fsp3) is 0.444. The van der Waals surface area contributed by atoms with E-state index in [1.54, 1.807) is 4.90 Å². The Morgan fingerprint density at radius 1 is 1.16 bits per heavy atom. The zero-order valence-corrected chi connectivity index (χ0v) is 16.2. The summed E-state index contributed by atoms with van der Waals surface area (Å²) >= 11 is 3.44. The van der Waals surface area contributed by atoms with E-state index < -0.39 is 5.60 Å². The van der Waals surface area contributed by atoms with E-state index in [2.05, 4.69) is 25.8 Å². The van der Waals surface area contributed by atoms with E-state index >= 15 is 0 Å². The fourth-order valence-electron chi connectivity index (χ4n) is 2.85. The molecule has 25 heavy (non-hydrogen) atoms. The van der Waals surface area contributed by atoms with Crippen LogP contribution in [0.5, 0.6) is 0 Å². The summed E-state index contributed by atoms with van der Waals surface area (Å²) in [5.41, 5.74) is -0.597. The van der Waals surface area contributed by atoms with Gasteiger partial charge in [0.25, 0.3) is 5.56 Å². The highest BCUT2D eigenvalue weighted by Gasteiger charge is 2.26. The van der Waals surface area contributed by atoms with Gasteiger partial charge in [-0.2, -0.15) is 0 Å². The summed E-state index contributed by atoms with van der Waals surface area (Å²) in [6.07, 6.45) is -0.289. The molecule has 1 aliphatic heterocycles. The number of anilines is 1. The Hall–Kier alpha value is -2.02. The molecule has 1 aliphatic rings. The lowest BCUT2D eigenvalue weighted by atomic mass is 10.1. The molecule has 1 aromatic carbocycles. The smallest absolute Gasteiger partial charge is 0.410 e. The van der Waals surface area contributed by atoms with Crippen molar-refractivity contribution in [3.8, 4) is 0 Å². The van der Waals surface area contributed by atoms with Crippen molar-refractivity contribution in [3.05, 3.63) is 39.1 Å². The maximum atomic E-state index is 12.3. The van der Waals surface area contributed by atoms with Crippen LogP contribution in [0.15, 0.2) is 33.5 Å². The molecule has 134 valence electrons. The van der Waals surface area contributed by atoms with Gasteiger partial charge in [0.15, 0.2) is 0 Å². The predicted molar refractivity (Wildman–Crippen MR) is 102 cm³/mol. The molecule has 3 rings (SSSR count). The van der Waals surface area contributed by atoms with E-state index in [4.69, 9.17) is 4.74 Å². The van der Waals surface area contributed by atoms with Crippen molar-refractivity contribution in [2.24, 2.45) is 0 Å². The summed E-state index contributed by atoms with van der Waals surface area (Å²) < 4.78 is 6.35. The van der Waals surface area contributed by atoms with Gasteiger partial charge in [-0.05, 0) is 50.4 Å². The number of rotatable bonds is 1. The van der Waals surface area contributed by atoms with Crippen LogP contribution >= 0.6 is 15.9 Å². The van der Waals surface area contributed by atoms with Crippen molar-refractivity contribution >= 4 is 38.6 Å². The molecule has 0 bridgehead atoms. The lowest BCUT2D eigenvalue weighted by Gasteiger charge is -2.36. The summed E-state index contributed by atoms with van der Waals surface area (Å²) in [5.74, 6) is 0.777. The highest BCUT2D eigenvalue weighted by atomic mass is 79.9. The summed E-state index contributed by atoms with van der Waals surface area (Å²) in [7, 11) is 0. The van der Waals surface area contributed by atoms with Crippen molar-refractivity contribution in [2.75, 3.05) is 31.1 Å². The first-order valence-electron chi connectivity index (χ1n) is 8.28. The first-order chi connectivity index (χ1) is 11.7. The topological polar surface area (TPSA) is 65.6 Å². The highest BCUT2D eigenvalue weighted by molar-refractivity contribution is 9.10. The number of aromatic amines is 1. The number of H-pyrrole nitrogens is 1. The fourth-order valence-corrected chi connectivity index (χ4v) is 3.23. The Labute approximate surface area is 154 Å². The summed E-state index contributed by atoms with van der Waals surface area (Å²) in [6, 6.07) is 7.58. The first-order valence-corrected chi connectivity index (χ1v) is 9.08. The second-order valence-corrected chi connectivity index (χ2v) is 8.09. The van der Waals surface area contributed by atoms with Crippen LogP contribution in [0.3, 0.4) is 0 Å². The van der Waals surface area contributed by atoms with Crippen LogP contribution in [0.1, 0.15) is 20.8 Å². The highest BCUT2D eigenvalue weighted by Crippen LogP contribution is 2.22. The van der Waals surface area contributed by atoms with Crippen molar-refractivity contribution in [3.63, 3.8) is 0 Å². The van der Waals surface area contributed by atoms with Gasteiger partial charge in [-0.15, -0.1) is 0 Å².